The van der Waals surface area contributed by atoms with Crippen molar-refractivity contribution in [3.63, 3.8) is 0 Å². The number of anilines is 1. The molecule has 0 atom stereocenters. The van der Waals surface area contributed by atoms with Crippen LogP contribution < -0.4 is 10.6 Å². The molecule has 2 heterocycles. The normalized spacial score (nSPS) is 17.1. The van der Waals surface area contributed by atoms with Crippen LogP contribution >= 0.6 is 0 Å². The Labute approximate surface area is 109 Å². The molecule has 0 radical (unpaired) electrons. The minimum absolute atomic E-state index is 0.744. The lowest BCUT2D eigenvalue weighted by molar-refractivity contribution is 0.264. The van der Waals surface area contributed by atoms with Gasteiger partial charge in [0.15, 0.2) is 0 Å². The summed E-state index contributed by atoms with van der Waals surface area (Å²) in [5, 5.41) is 0. The molecule has 0 saturated carbocycles. The monoisotopic (exact) mass is 249 g/mol. The summed E-state index contributed by atoms with van der Waals surface area (Å²) in [6, 6.07) is 2.13. The summed E-state index contributed by atoms with van der Waals surface area (Å²) in [5.74, 6) is 1.07. The van der Waals surface area contributed by atoms with Crippen molar-refractivity contribution in [3.8, 4) is 0 Å². The summed E-state index contributed by atoms with van der Waals surface area (Å²) >= 11 is 0. The molecule has 1 aliphatic rings. The number of aryl methyl sites for hydroxylation is 1. The molecular formula is C13H23N5. The molecule has 1 aliphatic heterocycles. The Morgan fingerprint density at radius 1 is 1.22 bits per heavy atom. The first-order valence-corrected chi connectivity index (χ1v) is 6.81. The summed E-state index contributed by atoms with van der Waals surface area (Å²) in [5.41, 5.74) is 6.73. The zero-order chi connectivity index (χ0) is 12.8. The summed E-state index contributed by atoms with van der Waals surface area (Å²) in [7, 11) is 0. The van der Waals surface area contributed by atoms with Crippen LogP contribution in [-0.2, 0) is 6.42 Å². The van der Waals surface area contributed by atoms with Gasteiger partial charge in [-0.15, -0.1) is 0 Å². The van der Waals surface area contributed by atoms with Crippen molar-refractivity contribution >= 4 is 5.82 Å². The van der Waals surface area contributed by atoms with Gasteiger partial charge in [0.2, 0.25) is 0 Å². The van der Waals surface area contributed by atoms with E-state index in [1.54, 1.807) is 6.33 Å². The first-order chi connectivity index (χ1) is 8.83. The number of rotatable bonds is 5. The summed E-state index contributed by atoms with van der Waals surface area (Å²) in [6.45, 7) is 8.13. The van der Waals surface area contributed by atoms with Crippen LogP contribution in [0.25, 0.3) is 0 Å². The second kappa shape index (κ2) is 6.66. The topological polar surface area (TPSA) is 58.3 Å². The van der Waals surface area contributed by atoms with Gasteiger partial charge in [-0.3, -0.25) is 4.90 Å². The van der Waals surface area contributed by atoms with E-state index < -0.39 is 0 Å². The predicted molar refractivity (Wildman–Crippen MR) is 73.7 cm³/mol. The molecule has 1 aromatic heterocycles. The number of hydrogen-bond acceptors (Lipinski definition) is 5. The van der Waals surface area contributed by atoms with Gasteiger partial charge < -0.3 is 10.6 Å². The van der Waals surface area contributed by atoms with Crippen LogP contribution in [0.5, 0.6) is 0 Å². The number of nitrogens with two attached hydrogens (primary N) is 1. The van der Waals surface area contributed by atoms with Gasteiger partial charge in [-0.1, -0.05) is 13.3 Å². The highest BCUT2D eigenvalue weighted by atomic mass is 15.3. The quantitative estimate of drug-likeness (QED) is 0.824. The van der Waals surface area contributed by atoms with Crippen LogP contribution in [-0.4, -0.2) is 54.1 Å². The van der Waals surface area contributed by atoms with Gasteiger partial charge in [-0.05, 0) is 6.42 Å². The highest BCUT2D eigenvalue weighted by Crippen LogP contribution is 2.14. The molecular weight excluding hydrogens is 226 g/mol. The minimum Gasteiger partial charge on any atom is -0.354 e. The maximum Gasteiger partial charge on any atom is 0.132 e. The van der Waals surface area contributed by atoms with Crippen molar-refractivity contribution < 1.29 is 0 Å². The zero-order valence-corrected chi connectivity index (χ0v) is 11.2. The molecule has 0 unspecified atom stereocenters. The van der Waals surface area contributed by atoms with Gasteiger partial charge in [0.05, 0.1) is 0 Å². The van der Waals surface area contributed by atoms with Gasteiger partial charge in [0.25, 0.3) is 0 Å². The van der Waals surface area contributed by atoms with Gasteiger partial charge in [0.1, 0.15) is 12.1 Å². The fraction of sp³-hybridized carbons (Fsp3) is 0.692. The molecule has 0 aromatic carbocycles. The highest BCUT2D eigenvalue weighted by Gasteiger charge is 2.17. The Morgan fingerprint density at radius 3 is 2.67 bits per heavy atom. The van der Waals surface area contributed by atoms with Crippen molar-refractivity contribution in [1.82, 2.24) is 14.9 Å². The Balaban J connectivity index is 1.94. The summed E-state index contributed by atoms with van der Waals surface area (Å²) < 4.78 is 0. The maximum atomic E-state index is 5.58. The maximum absolute atomic E-state index is 5.58. The number of hydrogen-bond donors (Lipinski definition) is 1. The lowest BCUT2D eigenvalue weighted by Crippen LogP contribution is -2.48. The second-order valence-electron chi connectivity index (χ2n) is 4.73. The summed E-state index contributed by atoms with van der Waals surface area (Å²) in [4.78, 5) is 13.4. The van der Waals surface area contributed by atoms with E-state index in [2.05, 4.69) is 32.8 Å². The minimum atomic E-state index is 0.744. The lowest BCUT2D eigenvalue weighted by Gasteiger charge is -2.35. The molecule has 0 amide bonds. The molecule has 2 rings (SSSR count). The van der Waals surface area contributed by atoms with Crippen molar-refractivity contribution in [2.45, 2.75) is 19.8 Å². The SMILES string of the molecule is CCCc1cc(N2CCN(CCN)CC2)ncn1. The first-order valence-electron chi connectivity index (χ1n) is 6.81. The second-order valence-corrected chi connectivity index (χ2v) is 4.73. The Morgan fingerprint density at radius 2 is 2.00 bits per heavy atom. The molecule has 1 saturated heterocycles. The van der Waals surface area contributed by atoms with Crippen LogP contribution in [0.4, 0.5) is 5.82 Å². The van der Waals surface area contributed by atoms with Crippen LogP contribution in [0, 0.1) is 0 Å². The summed E-state index contributed by atoms with van der Waals surface area (Å²) in [6.07, 6.45) is 3.84. The van der Waals surface area contributed by atoms with Crippen molar-refractivity contribution in [3.05, 3.63) is 18.1 Å². The van der Waals surface area contributed by atoms with Crippen LogP contribution in [0.3, 0.4) is 0 Å². The van der Waals surface area contributed by atoms with E-state index >= 15 is 0 Å². The number of nitrogens with zero attached hydrogens (tertiary/aromatic N) is 4. The van der Waals surface area contributed by atoms with Crippen molar-refractivity contribution in [1.29, 1.82) is 0 Å². The van der Waals surface area contributed by atoms with E-state index in [4.69, 9.17) is 5.73 Å². The van der Waals surface area contributed by atoms with Crippen LogP contribution in [0.1, 0.15) is 19.0 Å². The average molecular weight is 249 g/mol. The molecule has 0 spiro atoms. The largest absolute Gasteiger partial charge is 0.354 e. The fourth-order valence-corrected chi connectivity index (χ4v) is 2.33. The third kappa shape index (κ3) is 3.40. The highest BCUT2D eigenvalue weighted by molar-refractivity contribution is 5.39. The molecule has 5 nitrogen and oxygen atoms in total. The van der Waals surface area contributed by atoms with Gasteiger partial charge in [0, 0.05) is 51.0 Å². The van der Waals surface area contributed by atoms with E-state index in [-0.39, 0.29) is 0 Å². The first kappa shape index (κ1) is 13.2. The smallest absolute Gasteiger partial charge is 0.132 e. The van der Waals surface area contributed by atoms with Crippen molar-refractivity contribution in [2.24, 2.45) is 5.73 Å². The Kier molecular flexibility index (Phi) is 4.90. The van der Waals surface area contributed by atoms with Gasteiger partial charge in [-0.25, -0.2) is 9.97 Å². The van der Waals surface area contributed by atoms with Crippen molar-refractivity contribution in [2.75, 3.05) is 44.2 Å². The van der Waals surface area contributed by atoms with Gasteiger partial charge in [-0.2, -0.15) is 0 Å². The third-order valence-corrected chi connectivity index (χ3v) is 3.36. The van der Waals surface area contributed by atoms with E-state index in [1.807, 2.05) is 0 Å². The standard InChI is InChI=1S/C13H23N5/c1-2-3-12-10-13(16-11-15-12)18-8-6-17(5-4-14)7-9-18/h10-11H,2-9,14H2,1H3. The fourth-order valence-electron chi connectivity index (χ4n) is 2.33. The van der Waals surface area contributed by atoms with E-state index in [1.165, 1.54) is 0 Å². The molecule has 18 heavy (non-hydrogen) atoms. The van der Waals surface area contributed by atoms with Crippen LogP contribution in [0.15, 0.2) is 12.4 Å². The van der Waals surface area contributed by atoms with Gasteiger partial charge >= 0.3 is 0 Å². The average Bonchev–Trinajstić information content (AvgIpc) is 2.41. The molecule has 100 valence electrons. The number of piperazine rings is 1. The molecule has 0 bridgehead atoms. The lowest BCUT2D eigenvalue weighted by atomic mass is 10.2. The Hall–Kier alpha value is -1.20. The number of aromatic nitrogens is 2. The predicted octanol–water partition coefficient (Wildman–Crippen LogP) is 0.510. The molecule has 1 aromatic rings. The third-order valence-electron chi connectivity index (χ3n) is 3.36. The van der Waals surface area contributed by atoms with E-state index in [0.29, 0.717) is 0 Å². The molecule has 0 aliphatic carbocycles. The molecule has 1 fully saturated rings. The Bertz CT molecular complexity index is 360. The zero-order valence-electron chi connectivity index (χ0n) is 11.2. The molecule has 2 N–H and O–H groups in total. The van der Waals surface area contributed by atoms with E-state index in [0.717, 1.165) is 63.6 Å². The van der Waals surface area contributed by atoms with E-state index in [9.17, 15) is 0 Å². The molecule has 5 heteroatoms. The van der Waals surface area contributed by atoms with Crippen LogP contribution in [0.2, 0.25) is 0 Å².